The second-order valence-corrected chi connectivity index (χ2v) is 6.66. The highest BCUT2D eigenvalue weighted by Crippen LogP contribution is 2.34. The molecule has 7 nitrogen and oxygen atoms in total. The summed E-state index contributed by atoms with van der Waals surface area (Å²) in [6.07, 6.45) is 2.11. The number of aromatic nitrogens is 1. The van der Waals surface area contributed by atoms with Gasteiger partial charge >= 0.3 is 5.69 Å². The van der Waals surface area contributed by atoms with Gasteiger partial charge in [0.25, 0.3) is 0 Å². The van der Waals surface area contributed by atoms with E-state index in [0.29, 0.717) is 36.1 Å². The van der Waals surface area contributed by atoms with Gasteiger partial charge in [-0.15, -0.1) is 0 Å². The van der Waals surface area contributed by atoms with Gasteiger partial charge in [0.15, 0.2) is 0 Å². The van der Waals surface area contributed by atoms with Crippen LogP contribution in [-0.4, -0.2) is 33.3 Å². The Morgan fingerprint density at radius 2 is 2.00 bits per heavy atom. The van der Waals surface area contributed by atoms with Gasteiger partial charge in [-0.25, -0.2) is 4.39 Å². The van der Waals surface area contributed by atoms with Crippen LogP contribution in [0.4, 0.5) is 15.8 Å². The van der Waals surface area contributed by atoms with Crippen LogP contribution in [0.1, 0.15) is 12.0 Å². The summed E-state index contributed by atoms with van der Waals surface area (Å²) in [6.45, 7) is 0.901. The molecule has 1 saturated heterocycles. The molecule has 1 atom stereocenters. The predicted octanol–water partition coefficient (Wildman–Crippen LogP) is 3.50. The first-order chi connectivity index (χ1) is 13.5. The Labute approximate surface area is 159 Å². The Morgan fingerprint density at radius 1 is 1.21 bits per heavy atom. The largest absolute Gasteiger partial charge is 0.368 e. The molecule has 1 N–H and O–H groups in total. The van der Waals surface area contributed by atoms with Crippen molar-refractivity contribution in [2.75, 3.05) is 11.9 Å². The first kappa shape index (κ1) is 17.8. The molecular weight excluding hydrogens is 363 g/mol. The van der Waals surface area contributed by atoms with E-state index in [9.17, 15) is 19.3 Å². The number of hydrogen-bond acceptors (Lipinski definition) is 5. The highest BCUT2D eigenvalue weighted by Gasteiger charge is 2.33. The lowest BCUT2D eigenvalue weighted by Crippen LogP contribution is -2.33. The number of carbonyl (C=O) groups is 1. The number of hydrogen-bond donors (Lipinski definition) is 1. The fourth-order valence-electron chi connectivity index (χ4n) is 3.48. The second kappa shape index (κ2) is 7.22. The van der Waals surface area contributed by atoms with Crippen LogP contribution in [0, 0.1) is 15.9 Å². The van der Waals surface area contributed by atoms with Crippen LogP contribution in [0.15, 0.2) is 54.7 Å². The standard InChI is InChI=1S/C20H17FN4O3/c21-14-5-3-13(4-6-14)12-24-11-9-18(20(24)26)23-17-8-7-16-15(2-1-10-22-16)19(17)25(27)28/h1-8,10,18,23H,9,11-12H2. The average Bonchev–Trinajstić information content (AvgIpc) is 3.02. The summed E-state index contributed by atoms with van der Waals surface area (Å²) < 4.78 is 13.0. The number of benzene rings is 2. The highest BCUT2D eigenvalue weighted by atomic mass is 19.1. The first-order valence-electron chi connectivity index (χ1n) is 8.85. The minimum absolute atomic E-state index is 0.0876. The van der Waals surface area contributed by atoms with Gasteiger partial charge in [-0.2, -0.15) is 0 Å². The van der Waals surface area contributed by atoms with Gasteiger partial charge in [0.1, 0.15) is 17.5 Å². The number of nitro groups is 1. The van der Waals surface area contributed by atoms with Crippen LogP contribution >= 0.6 is 0 Å². The molecule has 1 aliphatic heterocycles. The van der Waals surface area contributed by atoms with E-state index < -0.39 is 11.0 Å². The van der Waals surface area contributed by atoms with Crippen molar-refractivity contribution >= 4 is 28.2 Å². The van der Waals surface area contributed by atoms with Crippen LogP contribution in [0.2, 0.25) is 0 Å². The van der Waals surface area contributed by atoms with Gasteiger partial charge in [0, 0.05) is 19.3 Å². The number of likely N-dealkylation sites (tertiary alicyclic amines) is 1. The third-order valence-corrected chi connectivity index (χ3v) is 4.85. The molecule has 1 fully saturated rings. The molecule has 1 aliphatic rings. The average molecular weight is 380 g/mol. The maximum absolute atomic E-state index is 13.0. The molecule has 0 spiro atoms. The Morgan fingerprint density at radius 3 is 2.75 bits per heavy atom. The maximum atomic E-state index is 13.0. The third kappa shape index (κ3) is 3.36. The van der Waals surface area contributed by atoms with E-state index in [-0.39, 0.29) is 17.4 Å². The smallest absolute Gasteiger partial charge is 0.301 e. The molecule has 3 aromatic rings. The lowest BCUT2D eigenvalue weighted by molar-refractivity contribution is -0.382. The molecule has 0 aliphatic carbocycles. The first-order valence-corrected chi connectivity index (χ1v) is 8.85. The number of halogens is 1. The molecule has 1 unspecified atom stereocenters. The van der Waals surface area contributed by atoms with Crippen LogP contribution in [0.25, 0.3) is 10.9 Å². The van der Waals surface area contributed by atoms with Gasteiger partial charge in [-0.1, -0.05) is 12.1 Å². The Balaban J connectivity index is 1.55. The zero-order valence-electron chi connectivity index (χ0n) is 14.8. The van der Waals surface area contributed by atoms with Crippen molar-refractivity contribution in [3.63, 3.8) is 0 Å². The molecule has 2 heterocycles. The Bertz CT molecular complexity index is 1060. The third-order valence-electron chi connectivity index (χ3n) is 4.85. The molecule has 2 aromatic carbocycles. The number of nitrogens with zero attached hydrogens (tertiary/aromatic N) is 3. The molecule has 8 heteroatoms. The van der Waals surface area contributed by atoms with Crippen molar-refractivity contribution in [2.45, 2.75) is 19.0 Å². The number of fused-ring (bicyclic) bond motifs is 1. The minimum atomic E-state index is -0.548. The summed E-state index contributed by atoms with van der Waals surface area (Å²) in [7, 11) is 0. The number of anilines is 1. The summed E-state index contributed by atoms with van der Waals surface area (Å²) in [4.78, 5) is 29.7. The Kier molecular flexibility index (Phi) is 4.60. The van der Waals surface area contributed by atoms with Gasteiger partial charge < -0.3 is 10.2 Å². The number of pyridine rings is 1. The molecule has 1 aromatic heterocycles. The van der Waals surface area contributed by atoms with E-state index >= 15 is 0 Å². The predicted molar refractivity (Wildman–Crippen MR) is 102 cm³/mol. The lowest BCUT2D eigenvalue weighted by atomic mass is 10.1. The van der Waals surface area contributed by atoms with E-state index in [1.165, 1.54) is 12.1 Å². The van der Waals surface area contributed by atoms with Crippen molar-refractivity contribution in [3.05, 3.63) is 76.2 Å². The SMILES string of the molecule is O=C1C(Nc2ccc3ncccc3c2[N+](=O)[O-])CCN1Cc1ccc(F)cc1. The molecule has 28 heavy (non-hydrogen) atoms. The molecule has 0 saturated carbocycles. The normalized spacial score (nSPS) is 16.5. The number of rotatable bonds is 5. The summed E-state index contributed by atoms with van der Waals surface area (Å²) >= 11 is 0. The molecule has 0 bridgehead atoms. The molecular formula is C20H17FN4O3. The monoisotopic (exact) mass is 380 g/mol. The number of carbonyl (C=O) groups excluding carboxylic acids is 1. The fourth-order valence-corrected chi connectivity index (χ4v) is 3.48. The summed E-state index contributed by atoms with van der Waals surface area (Å²) in [6, 6.07) is 12.0. The van der Waals surface area contributed by atoms with Gasteiger partial charge in [0.2, 0.25) is 5.91 Å². The lowest BCUT2D eigenvalue weighted by Gasteiger charge is -2.18. The molecule has 4 rings (SSSR count). The number of amides is 1. The van der Waals surface area contributed by atoms with Crippen LogP contribution in [0.5, 0.6) is 0 Å². The summed E-state index contributed by atoms with van der Waals surface area (Å²) in [5, 5.41) is 15.1. The topological polar surface area (TPSA) is 88.4 Å². The van der Waals surface area contributed by atoms with Gasteiger partial charge in [0.05, 0.1) is 15.8 Å². The van der Waals surface area contributed by atoms with Crippen molar-refractivity contribution < 1.29 is 14.1 Å². The van der Waals surface area contributed by atoms with Gasteiger partial charge in [-0.3, -0.25) is 19.9 Å². The quantitative estimate of drug-likeness (QED) is 0.541. The van der Waals surface area contributed by atoms with E-state index in [1.54, 1.807) is 47.5 Å². The van der Waals surface area contributed by atoms with E-state index in [2.05, 4.69) is 10.3 Å². The minimum Gasteiger partial charge on any atom is -0.368 e. The van der Waals surface area contributed by atoms with E-state index in [0.717, 1.165) is 5.56 Å². The van der Waals surface area contributed by atoms with Gasteiger partial charge in [-0.05, 0) is 48.4 Å². The summed E-state index contributed by atoms with van der Waals surface area (Å²) in [5.41, 5.74) is 1.57. The van der Waals surface area contributed by atoms with Crippen LogP contribution in [0.3, 0.4) is 0 Å². The van der Waals surface area contributed by atoms with Crippen molar-refractivity contribution in [1.82, 2.24) is 9.88 Å². The molecule has 142 valence electrons. The zero-order valence-corrected chi connectivity index (χ0v) is 14.8. The van der Waals surface area contributed by atoms with Crippen molar-refractivity contribution in [2.24, 2.45) is 0 Å². The van der Waals surface area contributed by atoms with Crippen LogP contribution < -0.4 is 5.32 Å². The van der Waals surface area contributed by atoms with E-state index in [4.69, 9.17) is 0 Å². The molecule has 1 amide bonds. The second-order valence-electron chi connectivity index (χ2n) is 6.66. The fraction of sp³-hybridized carbons (Fsp3) is 0.200. The zero-order chi connectivity index (χ0) is 19.7. The van der Waals surface area contributed by atoms with E-state index in [1.807, 2.05) is 0 Å². The van der Waals surface area contributed by atoms with Crippen molar-refractivity contribution in [1.29, 1.82) is 0 Å². The number of nitrogens with one attached hydrogen (secondary N) is 1. The maximum Gasteiger partial charge on any atom is 0.301 e. The highest BCUT2D eigenvalue weighted by molar-refractivity contribution is 5.96. The number of nitro benzene ring substituents is 1. The molecule has 0 radical (unpaired) electrons. The summed E-state index contributed by atoms with van der Waals surface area (Å²) in [5.74, 6) is -0.459. The van der Waals surface area contributed by atoms with Crippen LogP contribution in [-0.2, 0) is 11.3 Å². The van der Waals surface area contributed by atoms with Crippen molar-refractivity contribution in [3.8, 4) is 0 Å². The Hall–Kier alpha value is -3.55.